The first kappa shape index (κ1) is 22.8. The van der Waals surface area contributed by atoms with Crippen LogP contribution in [0.5, 0.6) is 0 Å². The molecule has 0 aliphatic heterocycles. The molecule has 2 N–H and O–H groups in total. The molecule has 0 spiro atoms. The van der Waals surface area contributed by atoms with Crippen LogP contribution >= 0.6 is 11.6 Å². The van der Waals surface area contributed by atoms with Crippen LogP contribution in [0.2, 0.25) is 5.02 Å². The topological polar surface area (TPSA) is 59.0 Å². The zero-order valence-electron chi connectivity index (χ0n) is 18.7. The van der Waals surface area contributed by atoms with Crippen molar-refractivity contribution in [2.45, 2.75) is 18.9 Å². The molecule has 0 unspecified atom stereocenters. The standard InChI is InChI=1S/C27H27ClN4O/c1-19(20-8-12-24(28)13-9-20)16-29-26(22-6-4-3-5-7-22)27(33)31-25-14-10-21(11-15-25)23-17-30-32(2)18-23/h3-15,17-19,26,29H,16H2,1-2H3,(H,31,33)/t19-,26+/m0/s1. The van der Waals surface area contributed by atoms with Crippen LogP contribution in [-0.2, 0) is 11.8 Å². The zero-order valence-corrected chi connectivity index (χ0v) is 19.5. The van der Waals surface area contributed by atoms with Gasteiger partial charge < -0.3 is 10.6 Å². The van der Waals surface area contributed by atoms with Crippen molar-refractivity contribution < 1.29 is 4.79 Å². The second-order valence-corrected chi connectivity index (χ2v) is 8.61. The lowest BCUT2D eigenvalue weighted by Crippen LogP contribution is -2.35. The summed E-state index contributed by atoms with van der Waals surface area (Å²) in [5, 5.41) is 11.4. The monoisotopic (exact) mass is 458 g/mol. The van der Waals surface area contributed by atoms with Gasteiger partial charge in [-0.05, 0) is 46.9 Å². The van der Waals surface area contributed by atoms with Crippen molar-refractivity contribution in [3.8, 4) is 11.1 Å². The Labute approximate surface area is 199 Å². The van der Waals surface area contributed by atoms with Crippen LogP contribution in [0.3, 0.4) is 0 Å². The highest BCUT2D eigenvalue weighted by atomic mass is 35.5. The summed E-state index contributed by atoms with van der Waals surface area (Å²) in [5.74, 6) is 0.124. The number of carbonyl (C=O) groups excluding carboxylic acids is 1. The second-order valence-electron chi connectivity index (χ2n) is 8.17. The molecule has 4 aromatic rings. The van der Waals surface area contributed by atoms with E-state index in [1.807, 2.05) is 98.3 Å². The Morgan fingerprint density at radius 2 is 1.64 bits per heavy atom. The first-order valence-electron chi connectivity index (χ1n) is 10.9. The summed E-state index contributed by atoms with van der Waals surface area (Å²) in [5.41, 5.74) is 4.93. The van der Waals surface area contributed by atoms with Gasteiger partial charge in [0, 0.05) is 36.1 Å². The first-order chi connectivity index (χ1) is 16.0. The predicted molar refractivity (Wildman–Crippen MR) is 134 cm³/mol. The molecule has 1 amide bonds. The number of nitrogens with one attached hydrogen (secondary N) is 2. The van der Waals surface area contributed by atoms with Gasteiger partial charge in [-0.1, -0.05) is 73.1 Å². The lowest BCUT2D eigenvalue weighted by molar-refractivity contribution is -0.118. The molecule has 4 rings (SSSR count). The van der Waals surface area contributed by atoms with Crippen LogP contribution in [0.1, 0.15) is 30.0 Å². The number of anilines is 1. The molecular weight excluding hydrogens is 432 g/mol. The number of hydrogen-bond acceptors (Lipinski definition) is 3. The van der Waals surface area contributed by atoms with Gasteiger partial charge in [0.15, 0.2) is 0 Å². The summed E-state index contributed by atoms with van der Waals surface area (Å²) in [6, 6.07) is 24.9. The summed E-state index contributed by atoms with van der Waals surface area (Å²) < 4.78 is 1.77. The molecule has 168 valence electrons. The normalized spacial score (nSPS) is 12.8. The van der Waals surface area contributed by atoms with Crippen molar-refractivity contribution in [2.75, 3.05) is 11.9 Å². The van der Waals surface area contributed by atoms with E-state index in [2.05, 4.69) is 22.7 Å². The van der Waals surface area contributed by atoms with Crippen molar-refractivity contribution in [1.82, 2.24) is 15.1 Å². The molecule has 0 aliphatic carbocycles. The molecule has 33 heavy (non-hydrogen) atoms. The maximum Gasteiger partial charge on any atom is 0.246 e. The van der Waals surface area contributed by atoms with Crippen LogP contribution in [0.4, 0.5) is 5.69 Å². The summed E-state index contributed by atoms with van der Waals surface area (Å²) in [4.78, 5) is 13.3. The Bertz CT molecular complexity index is 1190. The fraction of sp³-hybridized carbons (Fsp3) is 0.185. The molecule has 3 aromatic carbocycles. The van der Waals surface area contributed by atoms with E-state index >= 15 is 0 Å². The number of aromatic nitrogens is 2. The van der Waals surface area contributed by atoms with Crippen LogP contribution in [0.15, 0.2) is 91.3 Å². The van der Waals surface area contributed by atoms with Gasteiger partial charge in [0.05, 0.1) is 6.20 Å². The van der Waals surface area contributed by atoms with Gasteiger partial charge in [-0.15, -0.1) is 0 Å². The minimum absolute atomic E-state index is 0.0985. The maximum absolute atomic E-state index is 13.3. The fourth-order valence-electron chi connectivity index (χ4n) is 3.74. The van der Waals surface area contributed by atoms with Gasteiger partial charge in [-0.2, -0.15) is 5.10 Å². The molecule has 0 saturated carbocycles. The van der Waals surface area contributed by atoms with Crippen molar-refractivity contribution in [2.24, 2.45) is 7.05 Å². The van der Waals surface area contributed by atoms with E-state index in [1.54, 1.807) is 4.68 Å². The van der Waals surface area contributed by atoms with Gasteiger partial charge in [0.25, 0.3) is 0 Å². The molecule has 0 radical (unpaired) electrons. The molecule has 1 heterocycles. The van der Waals surface area contributed by atoms with Crippen LogP contribution in [-0.4, -0.2) is 22.2 Å². The molecule has 0 aliphatic rings. The number of nitrogens with zero attached hydrogens (tertiary/aromatic N) is 2. The van der Waals surface area contributed by atoms with Gasteiger partial charge >= 0.3 is 0 Å². The number of amides is 1. The van der Waals surface area contributed by atoms with Crippen molar-refractivity contribution in [1.29, 1.82) is 0 Å². The average Bonchev–Trinajstić information content (AvgIpc) is 3.27. The summed E-state index contributed by atoms with van der Waals surface area (Å²) in [6.45, 7) is 2.78. The van der Waals surface area contributed by atoms with E-state index in [1.165, 1.54) is 5.56 Å². The predicted octanol–water partition coefficient (Wildman–Crippen LogP) is 5.81. The van der Waals surface area contributed by atoms with Gasteiger partial charge in [-0.25, -0.2) is 0 Å². The highest BCUT2D eigenvalue weighted by Gasteiger charge is 2.21. The highest BCUT2D eigenvalue weighted by Crippen LogP contribution is 2.23. The minimum Gasteiger partial charge on any atom is -0.324 e. The van der Waals surface area contributed by atoms with Crippen LogP contribution < -0.4 is 10.6 Å². The molecule has 0 fully saturated rings. The zero-order chi connectivity index (χ0) is 23.2. The summed E-state index contributed by atoms with van der Waals surface area (Å²) in [7, 11) is 1.89. The van der Waals surface area contributed by atoms with E-state index in [4.69, 9.17) is 11.6 Å². The Hall–Kier alpha value is -3.41. The minimum atomic E-state index is -0.473. The lowest BCUT2D eigenvalue weighted by atomic mass is 9.99. The molecule has 6 heteroatoms. The second kappa shape index (κ2) is 10.5. The number of hydrogen-bond donors (Lipinski definition) is 2. The van der Waals surface area contributed by atoms with Crippen molar-refractivity contribution in [3.05, 3.63) is 107 Å². The van der Waals surface area contributed by atoms with Gasteiger partial charge in [-0.3, -0.25) is 9.48 Å². The first-order valence-corrected chi connectivity index (χ1v) is 11.3. The molecule has 1 aromatic heterocycles. The largest absolute Gasteiger partial charge is 0.324 e. The van der Waals surface area contributed by atoms with E-state index < -0.39 is 6.04 Å². The number of benzene rings is 3. The molecular formula is C27H27ClN4O. The molecule has 0 saturated heterocycles. The quantitative estimate of drug-likeness (QED) is 0.350. The summed E-state index contributed by atoms with van der Waals surface area (Å²) >= 11 is 6.02. The lowest BCUT2D eigenvalue weighted by Gasteiger charge is -2.22. The third-order valence-corrected chi connectivity index (χ3v) is 5.90. The highest BCUT2D eigenvalue weighted by molar-refractivity contribution is 6.30. The van der Waals surface area contributed by atoms with Crippen molar-refractivity contribution in [3.63, 3.8) is 0 Å². The third kappa shape index (κ3) is 5.89. The van der Waals surface area contributed by atoms with E-state index in [-0.39, 0.29) is 11.8 Å². The third-order valence-electron chi connectivity index (χ3n) is 5.65. The number of halogens is 1. The molecule has 2 atom stereocenters. The molecule has 5 nitrogen and oxygen atoms in total. The number of carbonyl (C=O) groups is 1. The van der Waals surface area contributed by atoms with Crippen LogP contribution in [0, 0.1) is 0 Å². The Kier molecular flexibility index (Phi) is 7.23. The van der Waals surface area contributed by atoms with Gasteiger partial charge in [0.2, 0.25) is 5.91 Å². The Morgan fingerprint density at radius 3 is 2.27 bits per heavy atom. The molecule has 0 bridgehead atoms. The van der Waals surface area contributed by atoms with Gasteiger partial charge in [0.1, 0.15) is 6.04 Å². The Morgan fingerprint density at radius 1 is 0.939 bits per heavy atom. The van der Waals surface area contributed by atoms with E-state index in [0.29, 0.717) is 6.54 Å². The smallest absolute Gasteiger partial charge is 0.246 e. The Balaban J connectivity index is 1.46. The fourth-order valence-corrected chi connectivity index (χ4v) is 3.87. The average molecular weight is 459 g/mol. The number of rotatable bonds is 8. The van der Waals surface area contributed by atoms with E-state index in [9.17, 15) is 4.79 Å². The number of aryl methyl sites for hydroxylation is 1. The maximum atomic E-state index is 13.3. The van der Waals surface area contributed by atoms with E-state index in [0.717, 1.165) is 27.4 Å². The SMILES string of the molecule is C[C@@H](CN[C@@H](C(=O)Nc1ccc(-c2cnn(C)c2)cc1)c1ccccc1)c1ccc(Cl)cc1. The van der Waals surface area contributed by atoms with Crippen molar-refractivity contribution >= 4 is 23.2 Å². The summed E-state index contributed by atoms with van der Waals surface area (Å²) in [6.07, 6.45) is 3.79. The van der Waals surface area contributed by atoms with Crippen LogP contribution in [0.25, 0.3) is 11.1 Å².